The topological polar surface area (TPSA) is 38.3 Å². The summed E-state index contributed by atoms with van der Waals surface area (Å²) in [6.07, 6.45) is 3.00. The van der Waals surface area contributed by atoms with Crippen molar-refractivity contribution in [2.75, 3.05) is 14.2 Å². The molecular formula is C10H20ClNO2. The molecule has 0 aliphatic heterocycles. The molecule has 0 heterocycles. The second kappa shape index (κ2) is 6.25. The predicted molar refractivity (Wildman–Crippen MR) is 58.6 cm³/mol. The van der Waals surface area contributed by atoms with Crippen LogP contribution < -0.4 is 5.32 Å². The minimum atomic E-state index is -0.0404. The quantitative estimate of drug-likeness (QED) is 0.720. The molecule has 0 amide bonds. The first-order chi connectivity index (χ1) is 6.19. The molecular weight excluding hydrogens is 202 g/mol. The van der Waals surface area contributed by atoms with E-state index >= 15 is 0 Å². The Kier molecular flexibility index (Phi) is 6.12. The molecule has 1 N–H and O–H groups in total. The third-order valence-electron chi connectivity index (χ3n) is 3.07. The molecule has 3 nitrogen and oxygen atoms in total. The standard InChI is InChI=1S/C10H19NO2.ClH/c1-7-6-8(10(12)13-3)4-5-9(7)11-2;/h7-9,11H,4-6H2,1-3H3;1H. The van der Waals surface area contributed by atoms with E-state index in [2.05, 4.69) is 12.2 Å². The van der Waals surface area contributed by atoms with E-state index in [0.29, 0.717) is 12.0 Å². The van der Waals surface area contributed by atoms with E-state index < -0.39 is 0 Å². The van der Waals surface area contributed by atoms with Crippen LogP contribution in [0.25, 0.3) is 0 Å². The summed E-state index contributed by atoms with van der Waals surface area (Å²) in [6, 6.07) is 0.570. The van der Waals surface area contributed by atoms with Crippen LogP contribution in [0.5, 0.6) is 0 Å². The smallest absolute Gasteiger partial charge is 0.308 e. The van der Waals surface area contributed by atoms with Gasteiger partial charge in [-0.3, -0.25) is 4.79 Å². The maximum absolute atomic E-state index is 11.3. The van der Waals surface area contributed by atoms with Crippen LogP contribution in [0.4, 0.5) is 0 Å². The van der Waals surface area contributed by atoms with Crippen LogP contribution in [0.2, 0.25) is 0 Å². The Bertz CT molecular complexity index is 187. The second-order valence-corrected chi connectivity index (χ2v) is 3.91. The molecule has 84 valence electrons. The van der Waals surface area contributed by atoms with E-state index in [1.54, 1.807) is 0 Å². The number of carbonyl (C=O) groups excluding carboxylic acids is 1. The van der Waals surface area contributed by atoms with Gasteiger partial charge in [-0.25, -0.2) is 0 Å². The summed E-state index contributed by atoms with van der Waals surface area (Å²) in [7, 11) is 3.46. The Morgan fingerprint density at radius 2 is 2.07 bits per heavy atom. The van der Waals surface area contributed by atoms with Gasteiger partial charge in [0.25, 0.3) is 0 Å². The van der Waals surface area contributed by atoms with E-state index in [1.807, 2.05) is 7.05 Å². The molecule has 1 rings (SSSR count). The molecule has 1 aliphatic carbocycles. The third-order valence-corrected chi connectivity index (χ3v) is 3.07. The highest BCUT2D eigenvalue weighted by molar-refractivity contribution is 5.85. The van der Waals surface area contributed by atoms with E-state index in [1.165, 1.54) is 7.11 Å². The molecule has 3 unspecified atom stereocenters. The molecule has 1 fully saturated rings. The van der Waals surface area contributed by atoms with Crippen LogP contribution in [0.3, 0.4) is 0 Å². The van der Waals surface area contributed by atoms with Crippen LogP contribution in [0.15, 0.2) is 0 Å². The summed E-state index contributed by atoms with van der Waals surface area (Å²) in [5.41, 5.74) is 0. The molecule has 0 saturated heterocycles. The first kappa shape index (κ1) is 13.7. The van der Waals surface area contributed by atoms with Gasteiger partial charge in [-0.05, 0) is 32.2 Å². The summed E-state index contributed by atoms with van der Waals surface area (Å²) in [4.78, 5) is 11.3. The number of carbonyl (C=O) groups is 1. The van der Waals surface area contributed by atoms with Crippen molar-refractivity contribution in [2.45, 2.75) is 32.2 Å². The maximum Gasteiger partial charge on any atom is 0.308 e. The Labute approximate surface area is 92.0 Å². The van der Waals surface area contributed by atoms with Gasteiger partial charge < -0.3 is 10.1 Å². The van der Waals surface area contributed by atoms with Crippen LogP contribution in [0, 0.1) is 11.8 Å². The van der Waals surface area contributed by atoms with Gasteiger partial charge in [-0.1, -0.05) is 6.92 Å². The minimum Gasteiger partial charge on any atom is -0.469 e. The van der Waals surface area contributed by atoms with Crippen LogP contribution in [0.1, 0.15) is 26.2 Å². The lowest BCUT2D eigenvalue weighted by Crippen LogP contribution is -2.39. The van der Waals surface area contributed by atoms with Gasteiger partial charge in [-0.15, -0.1) is 12.4 Å². The van der Waals surface area contributed by atoms with Gasteiger partial charge in [0, 0.05) is 6.04 Å². The summed E-state index contributed by atoms with van der Waals surface area (Å²) in [6.45, 7) is 2.19. The zero-order valence-electron chi connectivity index (χ0n) is 9.08. The van der Waals surface area contributed by atoms with Gasteiger partial charge >= 0.3 is 5.97 Å². The molecule has 1 saturated carbocycles. The Balaban J connectivity index is 0.00000169. The van der Waals surface area contributed by atoms with Gasteiger partial charge in [-0.2, -0.15) is 0 Å². The number of methoxy groups -OCH3 is 1. The average Bonchev–Trinajstić information content (AvgIpc) is 2.16. The van der Waals surface area contributed by atoms with Crippen molar-refractivity contribution in [3.63, 3.8) is 0 Å². The summed E-state index contributed by atoms with van der Waals surface area (Å²) >= 11 is 0. The largest absolute Gasteiger partial charge is 0.469 e. The number of hydrogen-bond donors (Lipinski definition) is 1. The summed E-state index contributed by atoms with van der Waals surface area (Å²) in [5, 5.41) is 3.28. The van der Waals surface area contributed by atoms with E-state index in [-0.39, 0.29) is 24.3 Å². The van der Waals surface area contributed by atoms with E-state index in [4.69, 9.17) is 4.74 Å². The molecule has 0 aromatic rings. The lowest BCUT2D eigenvalue weighted by atomic mass is 9.79. The van der Waals surface area contributed by atoms with Crippen molar-refractivity contribution in [1.82, 2.24) is 5.32 Å². The zero-order valence-corrected chi connectivity index (χ0v) is 9.89. The highest BCUT2D eigenvalue weighted by Crippen LogP contribution is 2.29. The van der Waals surface area contributed by atoms with E-state index in [9.17, 15) is 4.79 Å². The number of esters is 1. The molecule has 0 radical (unpaired) electrons. The number of nitrogens with one attached hydrogen (secondary N) is 1. The monoisotopic (exact) mass is 221 g/mol. The van der Waals surface area contributed by atoms with Crippen molar-refractivity contribution in [3.8, 4) is 0 Å². The summed E-state index contributed by atoms with van der Waals surface area (Å²) in [5.74, 6) is 0.661. The molecule has 4 heteroatoms. The molecule has 3 atom stereocenters. The van der Waals surface area contributed by atoms with Crippen LogP contribution in [-0.4, -0.2) is 26.2 Å². The fourth-order valence-corrected chi connectivity index (χ4v) is 2.21. The predicted octanol–water partition coefficient (Wildman–Crippen LogP) is 1.61. The molecule has 0 bridgehead atoms. The molecule has 1 aliphatic rings. The van der Waals surface area contributed by atoms with Crippen LogP contribution >= 0.6 is 12.4 Å². The fraction of sp³-hybridized carbons (Fsp3) is 0.900. The minimum absolute atomic E-state index is 0. The lowest BCUT2D eigenvalue weighted by molar-refractivity contribution is -0.147. The average molecular weight is 222 g/mol. The first-order valence-electron chi connectivity index (χ1n) is 4.94. The fourth-order valence-electron chi connectivity index (χ4n) is 2.21. The van der Waals surface area contributed by atoms with Crippen molar-refractivity contribution in [2.24, 2.45) is 11.8 Å². The Morgan fingerprint density at radius 3 is 2.50 bits per heavy atom. The van der Waals surface area contributed by atoms with E-state index in [0.717, 1.165) is 19.3 Å². The lowest BCUT2D eigenvalue weighted by Gasteiger charge is -2.32. The Morgan fingerprint density at radius 1 is 1.43 bits per heavy atom. The second-order valence-electron chi connectivity index (χ2n) is 3.91. The van der Waals surface area contributed by atoms with Crippen molar-refractivity contribution in [3.05, 3.63) is 0 Å². The maximum atomic E-state index is 11.3. The normalized spacial score (nSPS) is 31.8. The molecule has 0 spiro atoms. The SMILES string of the molecule is CNC1CCC(C(=O)OC)CC1C.Cl. The highest BCUT2D eigenvalue weighted by atomic mass is 35.5. The van der Waals surface area contributed by atoms with Gasteiger partial charge in [0.15, 0.2) is 0 Å². The van der Waals surface area contributed by atoms with Crippen molar-refractivity contribution in [1.29, 1.82) is 0 Å². The van der Waals surface area contributed by atoms with Gasteiger partial charge in [0.1, 0.15) is 0 Å². The molecule has 0 aromatic carbocycles. The van der Waals surface area contributed by atoms with Gasteiger partial charge in [0.2, 0.25) is 0 Å². The highest BCUT2D eigenvalue weighted by Gasteiger charge is 2.30. The first-order valence-corrected chi connectivity index (χ1v) is 4.94. The Hall–Kier alpha value is -0.280. The van der Waals surface area contributed by atoms with Crippen molar-refractivity contribution < 1.29 is 9.53 Å². The van der Waals surface area contributed by atoms with Gasteiger partial charge in [0.05, 0.1) is 13.0 Å². The number of rotatable bonds is 2. The number of halogens is 1. The molecule has 14 heavy (non-hydrogen) atoms. The third kappa shape index (κ3) is 3.14. The summed E-state index contributed by atoms with van der Waals surface area (Å²) < 4.78 is 4.75. The number of hydrogen-bond acceptors (Lipinski definition) is 3. The molecule has 0 aromatic heterocycles. The van der Waals surface area contributed by atoms with Crippen LogP contribution in [-0.2, 0) is 9.53 Å². The zero-order chi connectivity index (χ0) is 9.84. The van der Waals surface area contributed by atoms with Crippen molar-refractivity contribution >= 4 is 18.4 Å². The number of ether oxygens (including phenoxy) is 1.